The Hall–Kier alpha value is -1.76. The second kappa shape index (κ2) is 8.56. The van der Waals surface area contributed by atoms with Crippen LogP contribution >= 0.6 is 35.0 Å². The Morgan fingerprint density at radius 2 is 2.20 bits per heavy atom. The number of amides is 1. The second-order valence-corrected chi connectivity index (χ2v) is 7.01. The first-order chi connectivity index (χ1) is 12.1. The summed E-state index contributed by atoms with van der Waals surface area (Å²) in [6.45, 7) is 1.06. The van der Waals surface area contributed by atoms with Crippen LogP contribution in [0.25, 0.3) is 0 Å². The lowest BCUT2D eigenvalue weighted by molar-refractivity contribution is -0.128. The summed E-state index contributed by atoms with van der Waals surface area (Å²) in [5.41, 5.74) is 1.08. The van der Waals surface area contributed by atoms with Crippen molar-refractivity contribution in [3.63, 3.8) is 0 Å². The number of pyridine rings is 1. The highest BCUT2D eigenvalue weighted by Crippen LogP contribution is 2.27. The number of thioether (sulfide) groups is 1. The molecule has 8 heteroatoms. The maximum atomic E-state index is 12.4. The number of rotatable bonds is 5. The number of nitrogens with zero attached hydrogens (tertiary/aromatic N) is 3. The zero-order chi connectivity index (χ0) is 17.6. The largest absolute Gasteiger partial charge is 0.482 e. The molecule has 3 rings (SSSR count). The summed E-state index contributed by atoms with van der Waals surface area (Å²) in [6.07, 6.45) is 3.54. The third-order valence-corrected chi connectivity index (χ3v) is 5.05. The molecule has 1 aromatic heterocycles. The number of amidine groups is 1. The van der Waals surface area contributed by atoms with Crippen molar-refractivity contribution in [1.82, 2.24) is 9.88 Å². The number of carbonyl (C=O) groups is 1. The Balaban J connectivity index is 1.55. The maximum absolute atomic E-state index is 12.4. The SMILES string of the molecule is O=C(COc1ccc(Cl)cc1Cl)N1CCN=C1SCc1cccnc1. The Morgan fingerprint density at radius 3 is 2.96 bits per heavy atom. The fourth-order valence-electron chi connectivity index (χ4n) is 2.22. The fraction of sp³-hybridized carbons (Fsp3) is 0.235. The molecular formula is C17H15Cl2N3O2S. The van der Waals surface area contributed by atoms with Crippen LogP contribution in [-0.2, 0) is 10.5 Å². The van der Waals surface area contributed by atoms with E-state index in [1.165, 1.54) is 11.8 Å². The van der Waals surface area contributed by atoms with Crippen molar-refractivity contribution in [2.24, 2.45) is 4.99 Å². The molecule has 2 heterocycles. The fourth-order valence-corrected chi connectivity index (χ4v) is 3.68. The van der Waals surface area contributed by atoms with Gasteiger partial charge in [0.2, 0.25) is 0 Å². The van der Waals surface area contributed by atoms with Gasteiger partial charge in [0, 0.05) is 29.7 Å². The number of aromatic nitrogens is 1. The van der Waals surface area contributed by atoms with Crippen LogP contribution in [-0.4, -0.2) is 40.7 Å². The van der Waals surface area contributed by atoms with Gasteiger partial charge in [-0.25, -0.2) is 0 Å². The lowest BCUT2D eigenvalue weighted by Crippen LogP contribution is -2.36. The lowest BCUT2D eigenvalue weighted by atomic mass is 10.3. The highest BCUT2D eigenvalue weighted by atomic mass is 35.5. The van der Waals surface area contributed by atoms with Crippen molar-refractivity contribution in [3.05, 3.63) is 58.3 Å². The van der Waals surface area contributed by atoms with Gasteiger partial charge in [-0.2, -0.15) is 0 Å². The number of carbonyl (C=O) groups excluding carboxylic acids is 1. The standard InChI is InChI=1S/C17H15Cl2N3O2S/c18-13-3-4-15(14(19)8-13)24-10-16(23)22-7-6-21-17(22)25-11-12-2-1-5-20-9-12/h1-5,8-9H,6-7,10-11H2. The summed E-state index contributed by atoms with van der Waals surface area (Å²) in [4.78, 5) is 22.6. The molecule has 0 aliphatic carbocycles. The minimum absolute atomic E-state index is 0.103. The molecule has 0 fully saturated rings. The lowest BCUT2D eigenvalue weighted by Gasteiger charge is -2.18. The minimum atomic E-state index is -0.152. The third kappa shape index (κ3) is 4.87. The van der Waals surface area contributed by atoms with Gasteiger partial charge in [0.15, 0.2) is 11.8 Å². The number of hydrogen-bond acceptors (Lipinski definition) is 5. The summed E-state index contributed by atoms with van der Waals surface area (Å²) in [7, 11) is 0. The monoisotopic (exact) mass is 395 g/mol. The zero-order valence-electron chi connectivity index (χ0n) is 13.2. The van der Waals surface area contributed by atoms with Gasteiger partial charge < -0.3 is 4.74 Å². The van der Waals surface area contributed by atoms with E-state index in [0.717, 1.165) is 5.56 Å². The third-order valence-electron chi connectivity index (χ3n) is 3.44. The Bertz CT molecular complexity index is 787. The first-order valence-electron chi connectivity index (χ1n) is 7.58. The van der Waals surface area contributed by atoms with Gasteiger partial charge in [0.25, 0.3) is 5.91 Å². The molecule has 0 radical (unpaired) electrons. The van der Waals surface area contributed by atoms with Gasteiger partial charge in [-0.15, -0.1) is 0 Å². The van der Waals surface area contributed by atoms with E-state index in [1.54, 1.807) is 35.5 Å². The Kier molecular flexibility index (Phi) is 6.18. The second-order valence-electron chi connectivity index (χ2n) is 5.22. The number of halogens is 2. The van der Waals surface area contributed by atoms with E-state index in [4.69, 9.17) is 27.9 Å². The van der Waals surface area contributed by atoms with Gasteiger partial charge in [-0.1, -0.05) is 41.0 Å². The predicted molar refractivity (Wildman–Crippen MR) is 102 cm³/mol. The summed E-state index contributed by atoms with van der Waals surface area (Å²) < 4.78 is 5.52. The molecule has 5 nitrogen and oxygen atoms in total. The normalized spacial score (nSPS) is 13.7. The van der Waals surface area contributed by atoms with Gasteiger partial charge in [-0.05, 0) is 29.8 Å². The molecule has 0 bridgehead atoms. The van der Waals surface area contributed by atoms with Crippen LogP contribution in [0.1, 0.15) is 5.56 Å². The Morgan fingerprint density at radius 1 is 1.32 bits per heavy atom. The quantitative estimate of drug-likeness (QED) is 0.769. The number of aliphatic imine (C=N–C) groups is 1. The van der Waals surface area contributed by atoms with Crippen molar-refractivity contribution in [2.75, 3.05) is 19.7 Å². The molecule has 130 valence electrons. The van der Waals surface area contributed by atoms with Gasteiger partial charge in [0.05, 0.1) is 11.6 Å². The van der Waals surface area contributed by atoms with E-state index in [2.05, 4.69) is 9.98 Å². The molecule has 2 aromatic rings. The maximum Gasteiger partial charge on any atom is 0.266 e. The van der Waals surface area contributed by atoms with Crippen LogP contribution in [0.4, 0.5) is 0 Å². The average Bonchev–Trinajstić information content (AvgIpc) is 3.08. The number of benzene rings is 1. The van der Waals surface area contributed by atoms with Crippen LogP contribution in [0.2, 0.25) is 10.0 Å². The molecule has 1 aliphatic rings. The molecule has 0 saturated heterocycles. The van der Waals surface area contributed by atoms with Crippen LogP contribution in [0.5, 0.6) is 5.75 Å². The van der Waals surface area contributed by atoms with Crippen molar-refractivity contribution in [3.8, 4) is 5.75 Å². The van der Waals surface area contributed by atoms with Gasteiger partial charge in [-0.3, -0.25) is 19.7 Å². The summed E-state index contributed by atoms with van der Waals surface area (Å²) in [5.74, 6) is 0.987. The van der Waals surface area contributed by atoms with Gasteiger partial charge >= 0.3 is 0 Å². The first-order valence-corrected chi connectivity index (χ1v) is 9.32. The molecule has 0 unspecified atom stereocenters. The molecule has 0 spiro atoms. The topological polar surface area (TPSA) is 54.8 Å². The van der Waals surface area contributed by atoms with E-state index in [1.807, 2.05) is 12.1 Å². The van der Waals surface area contributed by atoms with Crippen molar-refractivity contribution < 1.29 is 9.53 Å². The number of ether oxygens (including phenoxy) is 1. The highest BCUT2D eigenvalue weighted by Gasteiger charge is 2.24. The average molecular weight is 396 g/mol. The van der Waals surface area contributed by atoms with Crippen LogP contribution in [0.3, 0.4) is 0 Å². The van der Waals surface area contributed by atoms with Crippen molar-refractivity contribution >= 4 is 46.0 Å². The molecular weight excluding hydrogens is 381 g/mol. The van der Waals surface area contributed by atoms with Crippen LogP contribution in [0.15, 0.2) is 47.7 Å². The molecule has 1 amide bonds. The van der Waals surface area contributed by atoms with Crippen molar-refractivity contribution in [2.45, 2.75) is 5.75 Å². The molecule has 1 aromatic carbocycles. The van der Waals surface area contributed by atoms with Crippen molar-refractivity contribution in [1.29, 1.82) is 0 Å². The summed E-state index contributed by atoms with van der Waals surface area (Å²) in [6, 6.07) is 8.77. The van der Waals surface area contributed by atoms with E-state index >= 15 is 0 Å². The smallest absolute Gasteiger partial charge is 0.266 e. The van der Waals surface area contributed by atoms with Crippen LogP contribution in [0, 0.1) is 0 Å². The van der Waals surface area contributed by atoms with E-state index in [-0.39, 0.29) is 12.5 Å². The molecule has 0 saturated carbocycles. The minimum Gasteiger partial charge on any atom is -0.482 e. The predicted octanol–water partition coefficient (Wildman–Crippen LogP) is 3.90. The highest BCUT2D eigenvalue weighted by molar-refractivity contribution is 8.13. The molecule has 0 atom stereocenters. The van der Waals surface area contributed by atoms with Crippen LogP contribution < -0.4 is 4.74 Å². The van der Waals surface area contributed by atoms with Gasteiger partial charge in [0.1, 0.15) is 5.75 Å². The molecule has 0 N–H and O–H groups in total. The number of hydrogen-bond donors (Lipinski definition) is 0. The summed E-state index contributed by atoms with van der Waals surface area (Å²) in [5, 5.41) is 1.60. The van der Waals surface area contributed by atoms with E-state index < -0.39 is 0 Å². The summed E-state index contributed by atoms with van der Waals surface area (Å²) >= 11 is 13.4. The van der Waals surface area contributed by atoms with E-state index in [9.17, 15) is 4.79 Å². The molecule has 25 heavy (non-hydrogen) atoms. The van der Waals surface area contributed by atoms with E-state index in [0.29, 0.717) is 39.8 Å². The zero-order valence-corrected chi connectivity index (χ0v) is 15.5. The Labute approximate surface area is 160 Å². The first kappa shape index (κ1) is 18.0. The molecule has 1 aliphatic heterocycles.